The summed E-state index contributed by atoms with van der Waals surface area (Å²) in [5.74, 6) is 0. The van der Waals surface area contributed by atoms with Crippen LogP contribution in [0.25, 0.3) is 0 Å². The van der Waals surface area contributed by atoms with Gasteiger partial charge in [-0.1, -0.05) is 30.3 Å². The molecule has 0 spiro atoms. The number of benzene rings is 1. The highest BCUT2D eigenvalue weighted by Crippen LogP contribution is 2.17. The van der Waals surface area contributed by atoms with Crippen molar-refractivity contribution < 1.29 is 0 Å². The fraction of sp³-hybridized carbons (Fsp3) is 0.308. The summed E-state index contributed by atoms with van der Waals surface area (Å²) in [4.78, 5) is 0. The minimum atomic E-state index is 0.790. The van der Waals surface area contributed by atoms with Crippen molar-refractivity contribution in [3.63, 3.8) is 0 Å². The van der Waals surface area contributed by atoms with Crippen LogP contribution in [0.15, 0.2) is 47.3 Å². The summed E-state index contributed by atoms with van der Waals surface area (Å²) < 4.78 is 0. The van der Waals surface area contributed by atoms with E-state index in [4.69, 9.17) is 0 Å². The van der Waals surface area contributed by atoms with Gasteiger partial charge in [-0.25, -0.2) is 0 Å². The Kier molecular flexibility index (Phi) is 3.59. The normalized spacial score (nSPS) is 14.9. The molecule has 0 unspecified atom stereocenters. The fourth-order valence-electron chi connectivity index (χ4n) is 1.84. The fourth-order valence-corrected chi connectivity index (χ4v) is 1.84. The van der Waals surface area contributed by atoms with Crippen molar-refractivity contribution in [2.45, 2.75) is 19.4 Å². The molecule has 0 radical (unpaired) electrons. The maximum Gasteiger partial charge on any atom is 0.0662 e. The molecule has 0 aliphatic carbocycles. The van der Waals surface area contributed by atoms with Crippen LogP contribution in [0.5, 0.6) is 0 Å². The van der Waals surface area contributed by atoms with Crippen LogP contribution >= 0.6 is 0 Å². The van der Waals surface area contributed by atoms with Crippen LogP contribution in [0.2, 0.25) is 0 Å². The van der Waals surface area contributed by atoms with Crippen LogP contribution < -0.4 is 5.32 Å². The predicted octanol–water partition coefficient (Wildman–Crippen LogP) is 2.33. The van der Waals surface area contributed by atoms with Crippen LogP contribution in [-0.4, -0.2) is 18.3 Å². The lowest BCUT2D eigenvalue weighted by atomic mass is 10.1. The van der Waals surface area contributed by atoms with E-state index in [2.05, 4.69) is 29.3 Å². The number of rotatable bonds is 4. The molecular weight excluding hydrogens is 198 g/mol. The Morgan fingerprint density at radius 3 is 2.75 bits per heavy atom. The first-order valence-corrected chi connectivity index (χ1v) is 5.60. The van der Waals surface area contributed by atoms with Crippen LogP contribution in [0, 0.1) is 0 Å². The average Bonchev–Trinajstić information content (AvgIpc) is 2.38. The first-order chi connectivity index (χ1) is 7.90. The number of hydrogen-bond acceptors (Lipinski definition) is 3. The first-order valence-electron chi connectivity index (χ1n) is 5.60. The van der Waals surface area contributed by atoms with Crippen LogP contribution in [0.1, 0.15) is 18.4 Å². The van der Waals surface area contributed by atoms with Gasteiger partial charge in [0.2, 0.25) is 0 Å². The average molecular weight is 215 g/mol. The summed E-state index contributed by atoms with van der Waals surface area (Å²) in [6, 6.07) is 10.3. The Balaban J connectivity index is 2.06. The second kappa shape index (κ2) is 5.35. The summed E-state index contributed by atoms with van der Waals surface area (Å²) in [6.07, 6.45) is 4.27. The molecule has 16 heavy (non-hydrogen) atoms. The highest BCUT2D eigenvalue weighted by molar-refractivity contribution is 5.24. The molecule has 0 atom stereocenters. The Labute approximate surface area is 96.5 Å². The van der Waals surface area contributed by atoms with Crippen molar-refractivity contribution in [2.75, 3.05) is 6.54 Å². The predicted molar refractivity (Wildman–Crippen MR) is 66.9 cm³/mol. The SMILES string of the molecule is C=NN(Cc1ccccc1)C1=CNCCC1. The third kappa shape index (κ3) is 2.63. The largest absolute Gasteiger partial charge is 0.389 e. The zero-order valence-corrected chi connectivity index (χ0v) is 9.39. The molecule has 1 heterocycles. The topological polar surface area (TPSA) is 27.6 Å². The lowest BCUT2D eigenvalue weighted by molar-refractivity contribution is 0.334. The second-order valence-electron chi connectivity index (χ2n) is 3.88. The van der Waals surface area contributed by atoms with Gasteiger partial charge in [-0.05, 0) is 18.4 Å². The Hall–Kier alpha value is -1.77. The Bertz CT molecular complexity index is 370. The van der Waals surface area contributed by atoms with E-state index >= 15 is 0 Å². The molecule has 0 bridgehead atoms. The van der Waals surface area contributed by atoms with Crippen molar-refractivity contribution in [3.05, 3.63) is 47.8 Å². The van der Waals surface area contributed by atoms with Crippen molar-refractivity contribution >= 4 is 6.72 Å². The third-order valence-electron chi connectivity index (χ3n) is 2.70. The molecule has 1 aromatic rings. The van der Waals surface area contributed by atoms with Crippen LogP contribution in [0.3, 0.4) is 0 Å². The zero-order chi connectivity index (χ0) is 11.2. The molecule has 2 rings (SSSR count). The second-order valence-corrected chi connectivity index (χ2v) is 3.88. The molecule has 3 nitrogen and oxygen atoms in total. The van der Waals surface area contributed by atoms with E-state index in [9.17, 15) is 0 Å². The highest BCUT2D eigenvalue weighted by atomic mass is 15.4. The lowest BCUT2D eigenvalue weighted by Gasteiger charge is -2.24. The van der Waals surface area contributed by atoms with Gasteiger partial charge >= 0.3 is 0 Å². The molecule has 3 heteroatoms. The van der Waals surface area contributed by atoms with Gasteiger partial charge in [0, 0.05) is 19.5 Å². The Morgan fingerprint density at radius 1 is 1.31 bits per heavy atom. The quantitative estimate of drug-likeness (QED) is 0.616. The number of hydrazone groups is 1. The maximum absolute atomic E-state index is 4.08. The zero-order valence-electron chi connectivity index (χ0n) is 9.39. The van der Waals surface area contributed by atoms with Gasteiger partial charge in [0.1, 0.15) is 0 Å². The highest BCUT2D eigenvalue weighted by Gasteiger charge is 2.10. The summed E-state index contributed by atoms with van der Waals surface area (Å²) in [5.41, 5.74) is 2.46. The van der Waals surface area contributed by atoms with Crippen molar-refractivity contribution in [2.24, 2.45) is 5.10 Å². The van der Waals surface area contributed by atoms with E-state index in [1.165, 1.54) is 11.3 Å². The van der Waals surface area contributed by atoms with Gasteiger partial charge in [-0.3, -0.25) is 5.01 Å². The van der Waals surface area contributed by atoms with E-state index < -0.39 is 0 Å². The van der Waals surface area contributed by atoms with E-state index in [0.717, 1.165) is 25.9 Å². The van der Waals surface area contributed by atoms with Gasteiger partial charge in [-0.15, -0.1) is 0 Å². The number of nitrogens with one attached hydrogen (secondary N) is 1. The van der Waals surface area contributed by atoms with E-state index in [0.29, 0.717) is 0 Å². The maximum atomic E-state index is 4.08. The number of allylic oxidation sites excluding steroid dienone is 1. The molecule has 0 fully saturated rings. The van der Waals surface area contributed by atoms with Crippen molar-refractivity contribution in [1.82, 2.24) is 10.3 Å². The molecule has 0 saturated carbocycles. The van der Waals surface area contributed by atoms with E-state index in [1.807, 2.05) is 29.4 Å². The molecule has 0 saturated heterocycles. The standard InChI is InChI=1S/C13H17N3/c1-14-16(13-8-5-9-15-10-13)11-12-6-3-2-4-7-12/h2-4,6-7,10,15H,1,5,8-9,11H2. The van der Waals surface area contributed by atoms with Crippen molar-refractivity contribution in [3.8, 4) is 0 Å². The molecule has 1 aromatic carbocycles. The number of nitrogens with zero attached hydrogens (tertiary/aromatic N) is 2. The smallest absolute Gasteiger partial charge is 0.0662 e. The lowest BCUT2D eigenvalue weighted by Crippen LogP contribution is -2.23. The molecule has 0 aromatic heterocycles. The monoisotopic (exact) mass is 215 g/mol. The minimum Gasteiger partial charge on any atom is -0.389 e. The summed E-state index contributed by atoms with van der Waals surface area (Å²) in [7, 11) is 0. The van der Waals surface area contributed by atoms with Gasteiger partial charge in [0.15, 0.2) is 0 Å². The van der Waals surface area contributed by atoms with Gasteiger partial charge in [-0.2, -0.15) is 5.10 Å². The number of hydrogen-bond donors (Lipinski definition) is 1. The van der Waals surface area contributed by atoms with Crippen LogP contribution in [0.4, 0.5) is 0 Å². The summed E-state index contributed by atoms with van der Waals surface area (Å²) in [5, 5.41) is 9.29. The summed E-state index contributed by atoms with van der Waals surface area (Å²) >= 11 is 0. The molecule has 1 aliphatic rings. The molecule has 0 amide bonds. The van der Waals surface area contributed by atoms with Gasteiger partial charge in [0.05, 0.1) is 12.2 Å². The van der Waals surface area contributed by atoms with Crippen LogP contribution in [-0.2, 0) is 6.54 Å². The minimum absolute atomic E-state index is 0.790. The molecule has 1 aliphatic heterocycles. The first kappa shape index (κ1) is 10.7. The Morgan fingerprint density at radius 2 is 2.12 bits per heavy atom. The van der Waals surface area contributed by atoms with Gasteiger partial charge < -0.3 is 5.32 Å². The summed E-state index contributed by atoms with van der Waals surface area (Å²) in [6.45, 7) is 5.48. The third-order valence-corrected chi connectivity index (χ3v) is 2.70. The van der Waals surface area contributed by atoms with E-state index in [-0.39, 0.29) is 0 Å². The molecule has 84 valence electrons. The van der Waals surface area contributed by atoms with Gasteiger partial charge in [0.25, 0.3) is 0 Å². The van der Waals surface area contributed by atoms with E-state index in [1.54, 1.807) is 0 Å². The molecule has 1 N–H and O–H groups in total. The molecular formula is C13H17N3. The van der Waals surface area contributed by atoms with Crippen molar-refractivity contribution in [1.29, 1.82) is 0 Å².